The standard InChI is InChI=1S/C17H28N2O4S/c1-13-6-8-19(9-7-13)24(20,21)18(3)12-15-11-17(23-5)16(22-4)10-14(15)2/h10-11,13H,6-9,12H2,1-5H3. The third-order valence-electron chi connectivity index (χ3n) is 4.70. The van der Waals surface area contributed by atoms with Crippen molar-refractivity contribution in [1.29, 1.82) is 0 Å². The molecular weight excluding hydrogens is 328 g/mol. The van der Waals surface area contributed by atoms with E-state index in [1.54, 1.807) is 25.6 Å². The van der Waals surface area contributed by atoms with E-state index in [1.807, 2.05) is 19.1 Å². The number of aryl methyl sites for hydroxylation is 1. The van der Waals surface area contributed by atoms with E-state index in [1.165, 1.54) is 4.31 Å². The first-order chi connectivity index (χ1) is 11.3. The van der Waals surface area contributed by atoms with Gasteiger partial charge in [-0.15, -0.1) is 0 Å². The molecule has 1 aromatic carbocycles. The highest BCUT2D eigenvalue weighted by atomic mass is 32.2. The number of methoxy groups -OCH3 is 2. The minimum absolute atomic E-state index is 0.306. The maximum absolute atomic E-state index is 12.8. The Morgan fingerprint density at radius 3 is 2.25 bits per heavy atom. The Morgan fingerprint density at radius 2 is 1.71 bits per heavy atom. The van der Waals surface area contributed by atoms with Crippen molar-refractivity contribution in [2.45, 2.75) is 33.2 Å². The number of nitrogens with zero attached hydrogens (tertiary/aromatic N) is 2. The van der Waals surface area contributed by atoms with E-state index in [2.05, 4.69) is 6.92 Å². The second kappa shape index (κ2) is 7.72. The minimum Gasteiger partial charge on any atom is -0.493 e. The Kier molecular flexibility index (Phi) is 6.11. The fraction of sp³-hybridized carbons (Fsp3) is 0.647. The summed E-state index contributed by atoms with van der Waals surface area (Å²) in [6, 6.07) is 3.72. The average molecular weight is 356 g/mol. The number of hydrogen-bond donors (Lipinski definition) is 0. The van der Waals surface area contributed by atoms with Crippen LogP contribution >= 0.6 is 0 Å². The number of rotatable bonds is 6. The van der Waals surface area contributed by atoms with Crippen molar-refractivity contribution >= 4 is 10.2 Å². The minimum atomic E-state index is -3.44. The molecule has 0 atom stereocenters. The summed E-state index contributed by atoms with van der Waals surface area (Å²) in [5.74, 6) is 1.85. The molecule has 0 unspecified atom stereocenters. The van der Waals surface area contributed by atoms with Crippen LogP contribution in [0.25, 0.3) is 0 Å². The van der Waals surface area contributed by atoms with E-state index in [4.69, 9.17) is 9.47 Å². The smallest absolute Gasteiger partial charge is 0.282 e. The Balaban J connectivity index is 2.18. The van der Waals surface area contributed by atoms with Gasteiger partial charge < -0.3 is 9.47 Å². The predicted molar refractivity (Wildman–Crippen MR) is 94.6 cm³/mol. The fourth-order valence-corrected chi connectivity index (χ4v) is 4.30. The van der Waals surface area contributed by atoms with Gasteiger partial charge in [0.25, 0.3) is 10.2 Å². The first-order valence-corrected chi connectivity index (χ1v) is 9.62. The summed E-state index contributed by atoms with van der Waals surface area (Å²) < 4.78 is 39.2. The number of piperidine rings is 1. The molecule has 1 aliphatic heterocycles. The van der Waals surface area contributed by atoms with Crippen molar-refractivity contribution in [2.24, 2.45) is 5.92 Å². The topological polar surface area (TPSA) is 59.1 Å². The molecule has 0 aliphatic carbocycles. The lowest BCUT2D eigenvalue weighted by Gasteiger charge is -2.32. The van der Waals surface area contributed by atoms with Gasteiger partial charge in [-0.05, 0) is 48.9 Å². The summed E-state index contributed by atoms with van der Waals surface area (Å²) >= 11 is 0. The SMILES string of the molecule is COc1cc(C)c(CN(C)S(=O)(=O)N2CCC(C)CC2)cc1OC. The van der Waals surface area contributed by atoms with Gasteiger partial charge in [-0.3, -0.25) is 0 Å². The van der Waals surface area contributed by atoms with Crippen LogP contribution in [0.15, 0.2) is 12.1 Å². The molecule has 6 nitrogen and oxygen atoms in total. The predicted octanol–water partition coefficient (Wildman–Crippen LogP) is 2.42. The lowest BCUT2D eigenvalue weighted by molar-refractivity contribution is 0.269. The molecule has 0 saturated carbocycles. The van der Waals surface area contributed by atoms with Crippen LogP contribution in [-0.2, 0) is 16.8 Å². The number of hydrogen-bond acceptors (Lipinski definition) is 4. The summed E-state index contributed by atoms with van der Waals surface area (Å²) in [6.45, 7) is 5.61. The number of benzene rings is 1. The van der Waals surface area contributed by atoms with Gasteiger partial charge in [-0.1, -0.05) is 6.92 Å². The molecule has 1 aliphatic rings. The van der Waals surface area contributed by atoms with Gasteiger partial charge in [-0.2, -0.15) is 17.0 Å². The number of ether oxygens (including phenoxy) is 2. The zero-order valence-corrected chi connectivity index (χ0v) is 16.0. The van der Waals surface area contributed by atoms with Crippen molar-refractivity contribution in [3.63, 3.8) is 0 Å². The average Bonchev–Trinajstić information content (AvgIpc) is 2.56. The van der Waals surface area contributed by atoms with Crippen molar-refractivity contribution in [2.75, 3.05) is 34.4 Å². The monoisotopic (exact) mass is 356 g/mol. The van der Waals surface area contributed by atoms with Gasteiger partial charge in [0.2, 0.25) is 0 Å². The Labute approximate surface area is 145 Å². The molecule has 2 rings (SSSR count). The van der Waals surface area contributed by atoms with E-state index < -0.39 is 10.2 Å². The van der Waals surface area contributed by atoms with Gasteiger partial charge in [0, 0.05) is 26.7 Å². The summed E-state index contributed by atoms with van der Waals surface area (Å²) in [5.41, 5.74) is 1.88. The summed E-state index contributed by atoms with van der Waals surface area (Å²) in [4.78, 5) is 0. The molecule has 0 bridgehead atoms. The van der Waals surface area contributed by atoms with Gasteiger partial charge in [-0.25, -0.2) is 0 Å². The van der Waals surface area contributed by atoms with Crippen molar-refractivity contribution in [3.05, 3.63) is 23.3 Å². The molecule has 0 amide bonds. The van der Waals surface area contributed by atoms with Crippen molar-refractivity contribution in [1.82, 2.24) is 8.61 Å². The molecule has 136 valence electrons. The van der Waals surface area contributed by atoms with E-state index >= 15 is 0 Å². The Hall–Kier alpha value is -1.31. The Bertz CT molecular complexity index is 667. The fourth-order valence-electron chi connectivity index (χ4n) is 2.93. The zero-order chi connectivity index (χ0) is 17.9. The quantitative estimate of drug-likeness (QED) is 0.785. The van der Waals surface area contributed by atoms with E-state index in [9.17, 15) is 8.42 Å². The van der Waals surface area contributed by atoms with Gasteiger partial charge in [0.15, 0.2) is 11.5 Å². The molecule has 1 saturated heterocycles. The third kappa shape index (κ3) is 4.02. The second-order valence-corrected chi connectivity index (χ2v) is 8.51. The van der Waals surface area contributed by atoms with Crippen LogP contribution < -0.4 is 9.47 Å². The van der Waals surface area contributed by atoms with Crippen LogP contribution in [0, 0.1) is 12.8 Å². The van der Waals surface area contributed by atoms with Crippen LogP contribution in [0.2, 0.25) is 0 Å². The molecule has 1 heterocycles. The summed E-state index contributed by atoms with van der Waals surface area (Å²) in [6.07, 6.45) is 1.84. The third-order valence-corrected chi connectivity index (χ3v) is 6.63. The highest BCUT2D eigenvalue weighted by Gasteiger charge is 2.30. The summed E-state index contributed by atoms with van der Waals surface area (Å²) in [5, 5.41) is 0. The lowest BCUT2D eigenvalue weighted by atomic mass is 10.0. The maximum atomic E-state index is 12.8. The highest BCUT2D eigenvalue weighted by Crippen LogP contribution is 2.31. The molecular formula is C17H28N2O4S. The molecule has 0 radical (unpaired) electrons. The molecule has 1 fully saturated rings. The van der Waals surface area contributed by atoms with Crippen molar-refractivity contribution < 1.29 is 17.9 Å². The maximum Gasteiger partial charge on any atom is 0.282 e. The van der Waals surface area contributed by atoms with Gasteiger partial charge >= 0.3 is 0 Å². The first kappa shape index (κ1) is 19.0. The van der Waals surface area contributed by atoms with Crippen LogP contribution in [0.5, 0.6) is 11.5 Å². The van der Waals surface area contributed by atoms with Gasteiger partial charge in [0.1, 0.15) is 0 Å². The lowest BCUT2D eigenvalue weighted by Crippen LogP contribution is -2.45. The van der Waals surface area contributed by atoms with Crippen molar-refractivity contribution in [3.8, 4) is 11.5 Å². The zero-order valence-electron chi connectivity index (χ0n) is 15.2. The van der Waals surface area contributed by atoms with Crippen LogP contribution in [0.1, 0.15) is 30.9 Å². The van der Waals surface area contributed by atoms with Crippen LogP contribution in [0.4, 0.5) is 0 Å². The van der Waals surface area contributed by atoms with E-state index in [0.29, 0.717) is 37.1 Å². The second-order valence-electron chi connectivity index (χ2n) is 6.48. The molecule has 24 heavy (non-hydrogen) atoms. The van der Waals surface area contributed by atoms with E-state index in [-0.39, 0.29) is 0 Å². The molecule has 0 aromatic heterocycles. The first-order valence-electron chi connectivity index (χ1n) is 8.22. The molecule has 1 aromatic rings. The Morgan fingerprint density at radius 1 is 1.17 bits per heavy atom. The molecule has 0 spiro atoms. The molecule has 0 N–H and O–H groups in total. The normalized spacial score (nSPS) is 17.2. The van der Waals surface area contributed by atoms with Gasteiger partial charge in [0.05, 0.1) is 14.2 Å². The highest BCUT2D eigenvalue weighted by molar-refractivity contribution is 7.86. The van der Waals surface area contributed by atoms with Crippen LogP contribution in [-0.4, -0.2) is 51.4 Å². The largest absolute Gasteiger partial charge is 0.493 e. The van der Waals surface area contributed by atoms with Crippen LogP contribution in [0.3, 0.4) is 0 Å². The summed E-state index contributed by atoms with van der Waals surface area (Å²) in [7, 11) is 1.35. The molecule has 7 heteroatoms. The van der Waals surface area contributed by atoms with E-state index in [0.717, 1.165) is 24.0 Å².